The Hall–Kier alpha value is -3.77. The quantitative estimate of drug-likeness (QED) is 0.264. The van der Waals surface area contributed by atoms with Crippen molar-refractivity contribution >= 4 is 29.8 Å². The first-order valence-electron chi connectivity index (χ1n) is 13.3. The van der Waals surface area contributed by atoms with E-state index < -0.39 is 17.8 Å². The van der Waals surface area contributed by atoms with E-state index >= 15 is 0 Å². The lowest BCUT2D eigenvalue weighted by Crippen LogP contribution is -2.44. The fraction of sp³-hybridized carbons (Fsp3) is 0.429. The summed E-state index contributed by atoms with van der Waals surface area (Å²) in [5, 5.41) is 10.5. The number of nitrogens with one attached hydrogen (secondary N) is 1. The van der Waals surface area contributed by atoms with Crippen molar-refractivity contribution in [3.8, 4) is 5.75 Å². The van der Waals surface area contributed by atoms with Crippen molar-refractivity contribution in [2.24, 2.45) is 9.98 Å². The van der Waals surface area contributed by atoms with Gasteiger partial charge >= 0.3 is 0 Å². The summed E-state index contributed by atoms with van der Waals surface area (Å²) in [6, 6.07) is 7.81. The van der Waals surface area contributed by atoms with E-state index in [1.807, 2.05) is 12.1 Å². The highest BCUT2D eigenvalue weighted by molar-refractivity contribution is 5.95. The van der Waals surface area contributed by atoms with Gasteiger partial charge in [-0.2, -0.15) is 0 Å². The molecule has 9 nitrogen and oxygen atoms in total. The first kappa shape index (κ1) is 27.8. The minimum Gasteiger partial charge on any atom is -0.493 e. The Labute approximate surface area is 230 Å². The van der Waals surface area contributed by atoms with Crippen LogP contribution in [0.1, 0.15) is 35.1 Å². The Bertz CT molecular complexity index is 1370. The van der Waals surface area contributed by atoms with Crippen molar-refractivity contribution in [1.29, 1.82) is 0 Å². The Morgan fingerprint density at radius 2 is 1.90 bits per heavy atom. The van der Waals surface area contributed by atoms with Crippen LogP contribution in [-0.4, -0.2) is 78.9 Å². The van der Waals surface area contributed by atoms with Gasteiger partial charge < -0.3 is 19.9 Å². The highest BCUT2D eigenvalue weighted by Gasteiger charge is 2.25. The van der Waals surface area contributed by atoms with Crippen LogP contribution in [0.5, 0.6) is 5.75 Å². The van der Waals surface area contributed by atoms with E-state index in [1.165, 1.54) is 12.1 Å². The standard InChI is InChI=1S/C28H32F3N7O2/c1-32-27-28(36-40-35-27)34-19-15-18-7-8-24(39-14-4-9-38-12-10-37(2)11-13-38)21(20(18)16-19)17-33-23-6-3-5-22(29)25(23)26(30)31/h3,5-8,26,33H,1,4,9-17H2,2H3. The number of aromatic nitrogens is 2. The van der Waals surface area contributed by atoms with E-state index in [0.29, 0.717) is 25.2 Å². The number of aliphatic imine (C=N–C) groups is 2. The molecular formula is C28H32F3N7O2. The number of rotatable bonds is 11. The Morgan fingerprint density at radius 1 is 1.10 bits per heavy atom. The van der Waals surface area contributed by atoms with Gasteiger partial charge in [0.15, 0.2) is 0 Å². The summed E-state index contributed by atoms with van der Waals surface area (Å²) in [5.74, 6) is 0.179. The van der Waals surface area contributed by atoms with Gasteiger partial charge in [0.05, 0.1) is 12.2 Å². The topological polar surface area (TPSA) is 91.4 Å². The molecule has 0 radical (unpaired) electrons. The molecule has 0 bridgehead atoms. The zero-order chi connectivity index (χ0) is 28.1. The van der Waals surface area contributed by atoms with Gasteiger partial charge in [0.25, 0.3) is 6.43 Å². The van der Waals surface area contributed by atoms with Crippen molar-refractivity contribution in [3.63, 3.8) is 0 Å². The summed E-state index contributed by atoms with van der Waals surface area (Å²) in [7, 11) is 2.13. The molecule has 1 aromatic heterocycles. The lowest BCUT2D eigenvalue weighted by Gasteiger charge is -2.32. The Morgan fingerprint density at radius 3 is 2.67 bits per heavy atom. The maximum absolute atomic E-state index is 14.2. The largest absolute Gasteiger partial charge is 0.493 e. The monoisotopic (exact) mass is 555 g/mol. The van der Waals surface area contributed by atoms with Crippen LogP contribution in [0.3, 0.4) is 0 Å². The number of piperazine rings is 1. The maximum Gasteiger partial charge on any atom is 0.268 e. The first-order chi connectivity index (χ1) is 19.4. The van der Waals surface area contributed by atoms with Crippen LogP contribution in [0.15, 0.2) is 44.9 Å². The molecule has 0 atom stereocenters. The summed E-state index contributed by atoms with van der Waals surface area (Å²) < 4.78 is 52.4. The first-order valence-corrected chi connectivity index (χ1v) is 13.3. The van der Waals surface area contributed by atoms with E-state index in [-0.39, 0.29) is 23.9 Å². The molecule has 12 heteroatoms. The molecule has 0 amide bonds. The third kappa shape index (κ3) is 6.34. The number of fused-ring (bicyclic) bond motifs is 1. The zero-order valence-corrected chi connectivity index (χ0v) is 22.4. The highest BCUT2D eigenvalue weighted by atomic mass is 19.3. The van der Waals surface area contributed by atoms with Crippen LogP contribution < -0.4 is 10.1 Å². The van der Waals surface area contributed by atoms with Gasteiger partial charge in [-0.1, -0.05) is 12.1 Å². The lowest BCUT2D eigenvalue weighted by atomic mass is 10.0. The van der Waals surface area contributed by atoms with Gasteiger partial charge in [-0.05, 0) is 59.8 Å². The number of hydrogen-bond acceptors (Lipinski definition) is 9. The van der Waals surface area contributed by atoms with Crippen LogP contribution >= 0.6 is 0 Å². The second-order valence-electron chi connectivity index (χ2n) is 9.98. The van der Waals surface area contributed by atoms with Crippen LogP contribution in [-0.2, 0) is 19.4 Å². The third-order valence-electron chi connectivity index (χ3n) is 7.33. The van der Waals surface area contributed by atoms with Crippen molar-refractivity contribution in [2.75, 3.05) is 51.7 Å². The van der Waals surface area contributed by atoms with Crippen LogP contribution in [0.2, 0.25) is 0 Å². The van der Waals surface area contributed by atoms with Gasteiger partial charge in [0.1, 0.15) is 11.6 Å². The van der Waals surface area contributed by atoms with Gasteiger partial charge in [-0.3, -0.25) is 0 Å². The number of anilines is 1. The summed E-state index contributed by atoms with van der Waals surface area (Å²) >= 11 is 0. The van der Waals surface area contributed by atoms with E-state index in [1.54, 1.807) is 0 Å². The predicted octanol–water partition coefficient (Wildman–Crippen LogP) is 4.98. The molecule has 2 aromatic carbocycles. The van der Waals surface area contributed by atoms with Gasteiger partial charge in [-0.15, -0.1) is 0 Å². The van der Waals surface area contributed by atoms with E-state index in [0.717, 1.165) is 67.6 Å². The molecule has 212 valence electrons. The summed E-state index contributed by atoms with van der Waals surface area (Å²) in [4.78, 5) is 13.1. The molecule has 2 heterocycles. The lowest BCUT2D eigenvalue weighted by molar-refractivity contribution is 0.145. The minimum absolute atomic E-state index is 0.0517. The molecule has 5 rings (SSSR count). The van der Waals surface area contributed by atoms with Crippen molar-refractivity contribution < 1.29 is 22.5 Å². The molecule has 1 saturated heterocycles. The second kappa shape index (κ2) is 12.6. The molecule has 3 aromatic rings. The minimum atomic E-state index is -2.95. The molecule has 0 saturated carbocycles. The number of halogens is 3. The third-order valence-corrected chi connectivity index (χ3v) is 7.33. The summed E-state index contributed by atoms with van der Waals surface area (Å²) in [6.07, 6.45) is -1.02. The molecule has 1 N–H and O–H groups in total. The molecule has 0 unspecified atom stereocenters. The number of benzene rings is 2. The van der Waals surface area contributed by atoms with Crippen molar-refractivity contribution in [3.05, 3.63) is 58.4 Å². The number of hydrogen-bond donors (Lipinski definition) is 1. The maximum atomic E-state index is 14.2. The normalized spacial score (nSPS) is 17.0. The summed E-state index contributed by atoms with van der Waals surface area (Å²) in [6.45, 7) is 9.28. The Balaban J connectivity index is 1.35. The molecule has 0 spiro atoms. The van der Waals surface area contributed by atoms with Gasteiger partial charge in [0, 0.05) is 69.1 Å². The highest BCUT2D eigenvalue weighted by Crippen LogP contribution is 2.35. The predicted molar refractivity (Wildman–Crippen MR) is 147 cm³/mol. The smallest absolute Gasteiger partial charge is 0.268 e. The molecule has 2 aliphatic rings. The van der Waals surface area contributed by atoms with E-state index in [9.17, 15) is 13.2 Å². The SMILES string of the molecule is C=Nc1nonc1N=C1Cc2ccc(OCCCN3CCN(C)CC3)c(CNc3cccc(F)c3C(F)F)c2C1. The fourth-order valence-corrected chi connectivity index (χ4v) is 5.14. The number of nitrogens with zero attached hydrogens (tertiary/aromatic N) is 6. The van der Waals surface area contributed by atoms with E-state index in [4.69, 9.17) is 9.37 Å². The van der Waals surface area contributed by atoms with Gasteiger partial charge in [0.2, 0.25) is 11.6 Å². The second-order valence-corrected chi connectivity index (χ2v) is 9.98. The Kier molecular flexibility index (Phi) is 8.75. The fourth-order valence-electron chi connectivity index (χ4n) is 5.14. The van der Waals surface area contributed by atoms with Crippen molar-refractivity contribution in [1.82, 2.24) is 20.1 Å². The number of alkyl halides is 2. The van der Waals surface area contributed by atoms with Gasteiger partial charge in [-0.25, -0.2) is 27.8 Å². The average Bonchev–Trinajstić information content (AvgIpc) is 3.57. The zero-order valence-electron chi connectivity index (χ0n) is 22.4. The molecule has 1 fully saturated rings. The summed E-state index contributed by atoms with van der Waals surface area (Å²) in [5.41, 5.74) is 3.08. The van der Waals surface area contributed by atoms with Crippen LogP contribution in [0.4, 0.5) is 30.5 Å². The van der Waals surface area contributed by atoms with Crippen LogP contribution in [0.25, 0.3) is 0 Å². The molecule has 1 aliphatic carbocycles. The van der Waals surface area contributed by atoms with E-state index in [2.05, 4.69) is 49.2 Å². The average molecular weight is 556 g/mol. The number of likely N-dealkylation sites (N-methyl/N-ethyl adjacent to an activating group) is 1. The molecule has 1 aliphatic heterocycles. The molecule has 40 heavy (non-hydrogen) atoms. The number of ether oxygens (including phenoxy) is 1. The molecular weight excluding hydrogens is 523 g/mol. The van der Waals surface area contributed by atoms with Crippen LogP contribution in [0, 0.1) is 5.82 Å². The van der Waals surface area contributed by atoms with Crippen molar-refractivity contribution in [2.45, 2.75) is 32.2 Å².